The minimum atomic E-state index is 0.540. The summed E-state index contributed by atoms with van der Waals surface area (Å²) in [4.78, 5) is 0.540. The summed E-state index contributed by atoms with van der Waals surface area (Å²) in [5.74, 6) is 0.861. The van der Waals surface area contributed by atoms with E-state index >= 15 is 0 Å². The molecule has 13 heavy (non-hydrogen) atoms. The van der Waals surface area contributed by atoms with Gasteiger partial charge in [0.2, 0.25) is 0 Å². The van der Waals surface area contributed by atoms with E-state index in [1.54, 1.807) is 0 Å². The Labute approximate surface area is 90.9 Å². The van der Waals surface area contributed by atoms with E-state index in [1.807, 2.05) is 0 Å². The van der Waals surface area contributed by atoms with Crippen molar-refractivity contribution >= 4 is 15.9 Å². The van der Waals surface area contributed by atoms with Crippen LogP contribution in [0, 0.1) is 5.92 Å². The van der Waals surface area contributed by atoms with E-state index in [1.165, 1.54) is 44.9 Å². The van der Waals surface area contributed by atoms with Crippen molar-refractivity contribution in [2.75, 3.05) is 0 Å². The first kappa shape index (κ1) is 11.3. The first-order valence-electron chi connectivity index (χ1n) is 5.61. The number of rotatable bonds is 2. The van der Waals surface area contributed by atoms with Gasteiger partial charge in [-0.2, -0.15) is 0 Å². The minimum absolute atomic E-state index is 0.540. The lowest BCUT2D eigenvalue weighted by Crippen LogP contribution is -2.01. The van der Waals surface area contributed by atoms with E-state index in [4.69, 9.17) is 0 Å². The van der Waals surface area contributed by atoms with E-state index < -0.39 is 0 Å². The van der Waals surface area contributed by atoms with Crippen molar-refractivity contribution in [1.29, 1.82) is 0 Å². The topological polar surface area (TPSA) is 0 Å². The summed E-state index contributed by atoms with van der Waals surface area (Å²) < 4.78 is 0. The third-order valence-corrected chi connectivity index (χ3v) is 3.10. The molecule has 1 saturated carbocycles. The molecule has 0 heterocycles. The first-order chi connectivity index (χ1) is 6.29. The van der Waals surface area contributed by atoms with Gasteiger partial charge in [0, 0.05) is 4.83 Å². The average molecular weight is 245 g/mol. The molecule has 0 amide bonds. The SMILES string of the molecule is CC(Br)/C=C/C1CCCCCCC1. The van der Waals surface area contributed by atoms with Crippen LogP contribution in [0.15, 0.2) is 12.2 Å². The maximum atomic E-state index is 3.55. The highest BCUT2D eigenvalue weighted by Crippen LogP contribution is 2.23. The highest BCUT2D eigenvalue weighted by atomic mass is 79.9. The standard InChI is InChI=1S/C12H21Br/c1-11(13)9-10-12-7-5-3-2-4-6-8-12/h9-12H,2-8H2,1H3/b10-9+. The van der Waals surface area contributed by atoms with Crippen LogP contribution in [-0.4, -0.2) is 4.83 Å². The second-order valence-corrected chi connectivity index (χ2v) is 5.61. The van der Waals surface area contributed by atoms with Crippen molar-refractivity contribution in [3.63, 3.8) is 0 Å². The molecule has 76 valence electrons. The van der Waals surface area contributed by atoms with E-state index in [-0.39, 0.29) is 0 Å². The largest absolute Gasteiger partial charge is 0.0848 e. The first-order valence-corrected chi connectivity index (χ1v) is 6.53. The molecule has 0 N–H and O–H groups in total. The molecule has 1 rings (SSSR count). The van der Waals surface area contributed by atoms with Gasteiger partial charge in [0.05, 0.1) is 0 Å². The molecule has 1 heteroatoms. The summed E-state index contributed by atoms with van der Waals surface area (Å²) >= 11 is 3.55. The van der Waals surface area contributed by atoms with Crippen LogP contribution in [-0.2, 0) is 0 Å². The zero-order chi connectivity index (χ0) is 9.52. The number of allylic oxidation sites excluding steroid dienone is 2. The van der Waals surface area contributed by atoms with Gasteiger partial charge in [-0.25, -0.2) is 0 Å². The van der Waals surface area contributed by atoms with Gasteiger partial charge in [-0.3, -0.25) is 0 Å². The van der Waals surface area contributed by atoms with Crippen molar-refractivity contribution in [1.82, 2.24) is 0 Å². The van der Waals surface area contributed by atoms with Crippen LogP contribution in [0.5, 0.6) is 0 Å². The van der Waals surface area contributed by atoms with Crippen molar-refractivity contribution in [2.45, 2.75) is 56.7 Å². The fourth-order valence-corrected chi connectivity index (χ4v) is 2.17. The van der Waals surface area contributed by atoms with Crippen LogP contribution in [0.25, 0.3) is 0 Å². The van der Waals surface area contributed by atoms with Crippen LogP contribution in [0.4, 0.5) is 0 Å². The predicted octanol–water partition coefficient (Wildman–Crippen LogP) is 4.69. The van der Waals surface area contributed by atoms with Crippen molar-refractivity contribution in [2.24, 2.45) is 5.92 Å². The van der Waals surface area contributed by atoms with Gasteiger partial charge in [-0.05, 0) is 25.7 Å². The Balaban J connectivity index is 2.29. The van der Waals surface area contributed by atoms with Gasteiger partial charge in [-0.15, -0.1) is 0 Å². The van der Waals surface area contributed by atoms with Crippen LogP contribution in [0.2, 0.25) is 0 Å². The molecule has 0 spiro atoms. The highest BCUT2D eigenvalue weighted by Gasteiger charge is 2.07. The smallest absolute Gasteiger partial charge is 0.0297 e. The van der Waals surface area contributed by atoms with E-state index in [0.29, 0.717) is 4.83 Å². The Morgan fingerprint density at radius 2 is 1.62 bits per heavy atom. The summed E-state index contributed by atoms with van der Waals surface area (Å²) in [5.41, 5.74) is 0. The lowest BCUT2D eigenvalue weighted by molar-refractivity contribution is 0.434. The van der Waals surface area contributed by atoms with Crippen molar-refractivity contribution in [3.8, 4) is 0 Å². The Morgan fingerprint density at radius 1 is 1.08 bits per heavy atom. The summed E-state index contributed by atoms with van der Waals surface area (Å²) in [7, 11) is 0. The van der Waals surface area contributed by atoms with Gasteiger partial charge in [0.1, 0.15) is 0 Å². The van der Waals surface area contributed by atoms with Crippen LogP contribution in [0.1, 0.15) is 51.9 Å². The molecule has 0 aromatic rings. The highest BCUT2D eigenvalue weighted by molar-refractivity contribution is 9.09. The summed E-state index contributed by atoms with van der Waals surface area (Å²) in [5, 5.41) is 0. The number of alkyl halides is 1. The van der Waals surface area contributed by atoms with Gasteiger partial charge in [-0.1, -0.05) is 60.2 Å². The Hall–Kier alpha value is 0.220. The van der Waals surface area contributed by atoms with E-state index in [9.17, 15) is 0 Å². The quantitative estimate of drug-likeness (QED) is 0.489. The molecule has 0 nitrogen and oxygen atoms in total. The Bertz CT molecular complexity index is 141. The molecule has 0 aromatic carbocycles. The molecule has 1 aliphatic carbocycles. The summed E-state index contributed by atoms with van der Waals surface area (Å²) in [6.45, 7) is 2.18. The molecule has 1 fully saturated rings. The molecule has 1 atom stereocenters. The van der Waals surface area contributed by atoms with Crippen LogP contribution < -0.4 is 0 Å². The molecule has 0 bridgehead atoms. The van der Waals surface area contributed by atoms with Gasteiger partial charge < -0.3 is 0 Å². The van der Waals surface area contributed by atoms with Crippen LogP contribution in [0.3, 0.4) is 0 Å². The van der Waals surface area contributed by atoms with Crippen molar-refractivity contribution < 1.29 is 0 Å². The number of halogens is 1. The lowest BCUT2D eigenvalue weighted by atomic mass is 9.91. The summed E-state index contributed by atoms with van der Waals surface area (Å²) in [6, 6.07) is 0. The zero-order valence-corrected chi connectivity index (χ0v) is 10.2. The monoisotopic (exact) mass is 244 g/mol. The molecule has 1 aliphatic rings. The summed E-state index contributed by atoms with van der Waals surface area (Å²) in [6.07, 6.45) is 14.8. The van der Waals surface area contributed by atoms with Gasteiger partial charge in [0.15, 0.2) is 0 Å². The lowest BCUT2D eigenvalue weighted by Gasteiger charge is -2.16. The Morgan fingerprint density at radius 3 is 2.15 bits per heavy atom. The molecule has 0 aliphatic heterocycles. The van der Waals surface area contributed by atoms with E-state index in [0.717, 1.165) is 5.92 Å². The van der Waals surface area contributed by atoms with Gasteiger partial charge >= 0.3 is 0 Å². The number of hydrogen-bond acceptors (Lipinski definition) is 0. The predicted molar refractivity (Wildman–Crippen MR) is 63.3 cm³/mol. The molecule has 0 saturated heterocycles. The Kier molecular flexibility index (Phi) is 5.77. The second-order valence-electron chi connectivity index (χ2n) is 4.17. The van der Waals surface area contributed by atoms with E-state index in [2.05, 4.69) is 35.0 Å². The van der Waals surface area contributed by atoms with Crippen molar-refractivity contribution in [3.05, 3.63) is 12.2 Å². The third kappa shape index (κ3) is 5.51. The fourth-order valence-electron chi connectivity index (χ4n) is 1.99. The second kappa shape index (κ2) is 6.64. The van der Waals surface area contributed by atoms with Crippen LogP contribution >= 0.6 is 15.9 Å². The maximum Gasteiger partial charge on any atom is 0.0297 e. The molecule has 0 aromatic heterocycles. The number of hydrogen-bond donors (Lipinski definition) is 0. The normalized spacial score (nSPS) is 24.2. The molecular weight excluding hydrogens is 224 g/mol. The van der Waals surface area contributed by atoms with Gasteiger partial charge in [0.25, 0.3) is 0 Å². The molecule has 1 unspecified atom stereocenters. The third-order valence-electron chi connectivity index (χ3n) is 2.80. The maximum absolute atomic E-state index is 3.55. The molecular formula is C12H21Br. The average Bonchev–Trinajstić information content (AvgIpc) is 2.01. The minimum Gasteiger partial charge on any atom is -0.0848 e. The molecule has 0 radical (unpaired) electrons. The fraction of sp³-hybridized carbons (Fsp3) is 0.833. The zero-order valence-electron chi connectivity index (χ0n) is 8.64.